The second-order valence-corrected chi connectivity index (χ2v) is 4.18. The van der Waals surface area contributed by atoms with Crippen molar-refractivity contribution >= 4 is 29.3 Å². The largest absolute Gasteiger partial charge is 0.362 e. The molecule has 0 bridgehead atoms. The van der Waals surface area contributed by atoms with Crippen LogP contribution in [0.3, 0.4) is 0 Å². The summed E-state index contributed by atoms with van der Waals surface area (Å²) in [5.74, 6) is 0.916. The highest BCUT2D eigenvalue weighted by molar-refractivity contribution is 5.86. The van der Waals surface area contributed by atoms with Gasteiger partial charge in [-0.25, -0.2) is 14.6 Å². The summed E-state index contributed by atoms with van der Waals surface area (Å²) in [5, 5.41) is 5.40. The fraction of sp³-hybridized carbons (Fsp3) is 0.545. The molecule has 2 aromatic rings. The lowest BCUT2D eigenvalue weighted by molar-refractivity contribution is 0.489. The van der Waals surface area contributed by atoms with Crippen LogP contribution in [-0.4, -0.2) is 33.8 Å². The van der Waals surface area contributed by atoms with Gasteiger partial charge in [-0.1, -0.05) is 6.92 Å². The monoisotopic (exact) mass is 255 g/mol. The summed E-state index contributed by atoms with van der Waals surface area (Å²) in [5.41, 5.74) is 0.910. The number of aromatic nitrogens is 4. The van der Waals surface area contributed by atoms with Crippen molar-refractivity contribution < 1.29 is 0 Å². The summed E-state index contributed by atoms with van der Waals surface area (Å²) in [4.78, 5) is 10.6. The van der Waals surface area contributed by atoms with E-state index in [9.17, 15) is 0 Å². The lowest BCUT2D eigenvalue weighted by atomic mass is 10.2. The highest BCUT2D eigenvalue weighted by atomic mass is 35.5. The summed E-state index contributed by atoms with van der Waals surface area (Å²) < 4.78 is 1.96. The van der Waals surface area contributed by atoms with E-state index in [0.717, 1.165) is 23.3 Å². The van der Waals surface area contributed by atoms with Crippen molar-refractivity contribution in [2.24, 2.45) is 0 Å². The highest BCUT2D eigenvalue weighted by Crippen LogP contribution is 2.23. The Morgan fingerprint density at radius 3 is 2.65 bits per heavy atom. The molecule has 2 heterocycles. The standard InChI is InChI=1S/C11H17N5.ClH/c1-5-8(2)16-11-9(6-14-16)10(15(3)4)12-7-13-11;/h6-8H,5H2,1-4H3;1H. The number of halogens is 1. The SMILES string of the molecule is CCC(C)n1ncc2c(N(C)C)ncnc21.Cl. The molecule has 0 amide bonds. The van der Waals surface area contributed by atoms with E-state index < -0.39 is 0 Å². The average molecular weight is 256 g/mol. The van der Waals surface area contributed by atoms with Crippen LogP contribution in [0.15, 0.2) is 12.5 Å². The molecule has 0 aromatic carbocycles. The maximum Gasteiger partial charge on any atom is 0.163 e. The van der Waals surface area contributed by atoms with Crippen molar-refractivity contribution in [2.75, 3.05) is 19.0 Å². The van der Waals surface area contributed by atoms with Crippen LogP contribution >= 0.6 is 12.4 Å². The van der Waals surface area contributed by atoms with E-state index in [1.165, 1.54) is 0 Å². The van der Waals surface area contributed by atoms with Crippen LogP contribution in [0, 0.1) is 0 Å². The molecule has 94 valence electrons. The van der Waals surface area contributed by atoms with Crippen LogP contribution in [-0.2, 0) is 0 Å². The predicted molar refractivity (Wildman–Crippen MR) is 71.9 cm³/mol. The van der Waals surface area contributed by atoms with Gasteiger partial charge in [-0.3, -0.25) is 0 Å². The van der Waals surface area contributed by atoms with Crippen LogP contribution in [0.5, 0.6) is 0 Å². The van der Waals surface area contributed by atoms with E-state index in [4.69, 9.17) is 0 Å². The molecule has 2 aromatic heterocycles. The van der Waals surface area contributed by atoms with Gasteiger partial charge < -0.3 is 4.90 Å². The van der Waals surface area contributed by atoms with Crippen LogP contribution in [0.25, 0.3) is 11.0 Å². The molecule has 1 unspecified atom stereocenters. The molecule has 0 spiro atoms. The van der Waals surface area contributed by atoms with E-state index in [1.807, 2.05) is 29.9 Å². The van der Waals surface area contributed by atoms with Gasteiger partial charge >= 0.3 is 0 Å². The van der Waals surface area contributed by atoms with Crippen molar-refractivity contribution in [3.05, 3.63) is 12.5 Å². The van der Waals surface area contributed by atoms with Gasteiger partial charge in [-0.2, -0.15) is 5.10 Å². The molecular formula is C11H18ClN5. The van der Waals surface area contributed by atoms with Crippen LogP contribution < -0.4 is 4.90 Å². The minimum Gasteiger partial charge on any atom is -0.362 e. The lowest BCUT2D eigenvalue weighted by Crippen LogP contribution is -2.12. The molecule has 2 rings (SSSR count). The number of rotatable bonds is 3. The van der Waals surface area contributed by atoms with Crippen molar-refractivity contribution in [2.45, 2.75) is 26.3 Å². The molecule has 5 nitrogen and oxygen atoms in total. The summed E-state index contributed by atoms with van der Waals surface area (Å²) in [7, 11) is 3.95. The highest BCUT2D eigenvalue weighted by Gasteiger charge is 2.13. The third kappa shape index (κ3) is 2.34. The Labute approximate surface area is 107 Å². The Balaban J connectivity index is 0.00000144. The lowest BCUT2D eigenvalue weighted by Gasteiger charge is -2.13. The molecule has 17 heavy (non-hydrogen) atoms. The predicted octanol–water partition coefficient (Wildman–Crippen LogP) is 2.29. The third-order valence-corrected chi connectivity index (χ3v) is 2.80. The number of anilines is 1. The number of fused-ring (bicyclic) bond motifs is 1. The first kappa shape index (κ1) is 13.7. The van der Waals surface area contributed by atoms with Gasteiger partial charge in [-0.05, 0) is 13.3 Å². The Morgan fingerprint density at radius 1 is 1.35 bits per heavy atom. The second kappa shape index (κ2) is 5.31. The van der Waals surface area contributed by atoms with E-state index in [1.54, 1.807) is 6.33 Å². The molecule has 0 aliphatic heterocycles. The van der Waals surface area contributed by atoms with Crippen LogP contribution in [0.4, 0.5) is 5.82 Å². The Morgan fingerprint density at radius 2 is 2.06 bits per heavy atom. The van der Waals surface area contributed by atoms with Gasteiger partial charge in [0.05, 0.1) is 17.6 Å². The zero-order chi connectivity index (χ0) is 11.7. The summed E-state index contributed by atoms with van der Waals surface area (Å²) in [6, 6.07) is 0.363. The molecule has 0 radical (unpaired) electrons. The van der Waals surface area contributed by atoms with E-state index in [-0.39, 0.29) is 12.4 Å². The first-order valence-corrected chi connectivity index (χ1v) is 5.50. The maximum atomic E-state index is 4.40. The molecule has 0 saturated carbocycles. The van der Waals surface area contributed by atoms with Crippen molar-refractivity contribution in [1.82, 2.24) is 19.7 Å². The summed E-state index contributed by atoms with van der Waals surface area (Å²) in [6.45, 7) is 4.29. The first-order chi connectivity index (χ1) is 7.65. The van der Waals surface area contributed by atoms with Crippen molar-refractivity contribution in [3.63, 3.8) is 0 Å². The second-order valence-electron chi connectivity index (χ2n) is 4.18. The fourth-order valence-electron chi connectivity index (χ4n) is 1.70. The van der Waals surface area contributed by atoms with Crippen molar-refractivity contribution in [3.8, 4) is 0 Å². The normalized spacial score (nSPS) is 12.2. The zero-order valence-electron chi connectivity index (χ0n) is 10.6. The number of hydrogen-bond donors (Lipinski definition) is 0. The topological polar surface area (TPSA) is 46.8 Å². The van der Waals surface area contributed by atoms with E-state index in [0.29, 0.717) is 6.04 Å². The zero-order valence-corrected chi connectivity index (χ0v) is 11.4. The average Bonchev–Trinajstić information content (AvgIpc) is 2.71. The van der Waals surface area contributed by atoms with Crippen LogP contribution in [0.2, 0.25) is 0 Å². The van der Waals surface area contributed by atoms with Gasteiger partial charge in [0.25, 0.3) is 0 Å². The minimum atomic E-state index is 0. The van der Waals surface area contributed by atoms with E-state index >= 15 is 0 Å². The third-order valence-electron chi connectivity index (χ3n) is 2.80. The first-order valence-electron chi connectivity index (χ1n) is 5.50. The molecular weight excluding hydrogens is 238 g/mol. The number of hydrogen-bond acceptors (Lipinski definition) is 4. The molecule has 1 atom stereocenters. The molecule has 0 fully saturated rings. The fourth-order valence-corrected chi connectivity index (χ4v) is 1.70. The quantitative estimate of drug-likeness (QED) is 0.844. The summed E-state index contributed by atoms with van der Waals surface area (Å²) >= 11 is 0. The molecule has 0 saturated heterocycles. The smallest absolute Gasteiger partial charge is 0.163 e. The van der Waals surface area contributed by atoms with Gasteiger partial charge in [0.15, 0.2) is 5.65 Å². The Bertz CT molecular complexity index is 494. The molecule has 0 aliphatic carbocycles. The minimum absolute atomic E-state index is 0. The Kier molecular flexibility index (Phi) is 4.28. The van der Waals surface area contributed by atoms with Gasteiger partial charge in [0, 0.05) is 14.1 Å². The van der Waals surface area contributed by atoms with Gasteiger partial charge in [0.2, 0.25) is 0 Å². The van der Waals surface area contributed by atoms with Gasteiger partial charge in [-0.15, -0.1) is 12.4 Å². The molecule has 0 N–H and O–H groups in total. The van der Waals surface area contributed by atoms with E-state index in [2.05, 4.69) is 28.9 Å². The van der Waals surface area contributed by atoms with Gasteiger partial charge in [0.1, 0.15) is 12.1 Å². The van der Waals surface area contributed by atoms with Crippen molar-refractivity contribution in [1.29, 1.82) is 0 Å². The summed E-state index contributed by atoms with van der Waals surface area (Å²) in [6.07, 6.45) is 4.48. The Hall–Kier alpha value is -1.36. The molecule has 0 aliphatic rings. The van der Waals surface area contributed by atoms with Crippen LogP contribution in [0.1, 0.15) is 26.3 Å². The molecule has 6 heteroatoms. The maximum absolute atomic E-state index is 4.40. The number of nitrogens with zero attached hydrogens (tertiary/aromatic N) is 5.